The molecule has 1 saturated heterocycles. The molecule has 3 aromatic heterocycles. The highest BCUT2D eigenvalue weighted by Crippen LogP contribution is 2.35. The van der Waals surface area contributed by atoms with Crippen LogP contribution in [0.5, 0.6) is 0 Å². The first-order chi connectivity index (χ1) is 17.2. The lowest BCUT2D eigenvalue weighted by atomic mass is 10.1. The number of pyridine rings is 2. The molecule has 188 valence electrons. The number of halogens is 4. The van der Waals surface area contributed by atoms with Gasteiger partial charge in [-0.1, -0.05) is 0 Å². The molecule has 0 unspecified atom stereocenters. The van der Waals surface area contributed by atoms with Gasteiger partial charge in [-0.25, -0.2) is 23.6 Å². The highest BCUT2D eigenvalue weighted by molar-refractivity contribution is 7.97. The minimum Gasteiger partial charge on any atom is -0.351 e. The summed E-state index contributed by atoms with van der Waals surface area (Å²) in [6, 6.07) is 5.80. The van der Waals surface area contributed by atoms with Gasteiger partial charge in [-0.2, -0.15) is 13.2 Å². The molecule has 0 spiro atoms. The van der Waals surface area contributed by atoms with Gasteiger partial charge in [-0.05, 0) is 61.5 Å². The molecular weight excluding hydrogens is 496 g/mol. The fraction of sp³-hybridized carbons (Fsp3) is 0.292. The first-order valence-corrected chi connectivity index (χ1v) is 11.5. The summed E-state index contributed by atoms with van der Waals surface area (Å²) in [4.78, 5) is 27.8. The highest BCUT2D eigenvalue weighted by Gasteiger charge is 2.37. The number of terminal acetylenes is 1. The first-order valence-electron chi connectivity index (χ1n) is 10.7. The molecule has 0 aliphatic carbocycles. The van der Waals surface area contributed by atoms with E-state index in [2.05, 4.69) is 38.1 Å². The van der Waals surface area contributed by atoms with Crippen molar-refractivity contribution in [1.29, 1.82) is 0 Å². The van der Waals surface area contributed by atoms with Gasteiger partial charge < -0.3 is 5.32 Å². The van der Waals surface area contributed by atoms with Gasteiger partial charge in [0.1, 0.15) is 5.03 Å². The van der Waals surface area contributed by atoms with Crippen LogP contribution in [-0.4, -0.2) is 42.2 Å². The predicted octanol–water partition coefficient (Wildman–Crippen LogP) is 4.52. The second-order valence-corrected chi connectivity index (χ2v) is 8.73. The third-order valence-electron chi connectivity index (χ3n) is 5.31. The molecule has 0 bridgehead atoms. The van der Waals surface area contributed by atoms with E-state index in [9.17, 15) is 22.4 Å². The Bertz CT molecular complexity index is 1200. The third-order valence-corrected chi connectivity index (χ3v) is 6.61. The number of nitrogens with zero attached hydrogens (tertiary/aromatic N) is 5. The topological polar surface area (TPSA) is 83.9 Å². The molecule has 1 amide bonds. The zero-order chi connectivity index (χ0) is 26.3. The average Bonchev–Trinajstić information content (AvgIpc) is 3.25. The second-order valence-electron chi connectivity index (χ2n) is 7.74. The molecule has 7 nitrogen and oxygen atoms in total. The maximum Gasteiger partial charge on any atom is 0.451 e. The Balaban J connectivity index is 0.00000176. The minimum absolute atomic E-state index is 0.0642. The van der Waals surface area contributed by atoms with Crippen molar-refractivity contribution >= 4 is 17.9 Å². The lowest BCUT2D eigenvalue weighted by Crippen LogP contribution is -2.41. The lowest BCUT2D eigenvalue weighted by molar-refractivity contribution is -0.145. The van der Waals surface area contributed by atoms with E-state index in [1.54, 1.807) is 12.1 Å². The van der Waals surface area contributed by atoms with Gasteiger partial charge in [-0.3, -0.25) is 9.78 Å². The van der Waals surface area contributed by atoms with Gasteiger partial charge in [0.25, 0.3) is 0 Å². The van der Waals surface area contributed by atoms with Crippen molar-refractivity contribution in [2.75, 3.05) is 0 Å². The number of hydrogen-bond donors (Lipinski definition) is 1. The monoisotopic (exact) mass is 518 g/mol. The maximum atomic E-state index is 14.0. The summed E-state index contributed by atoms with van der Waals surface area (Å²) < 4.78 is 53.9. The molecule has 0 radical (unpaired) electrons. The van der Waals surface area contributed by atoms with E-state index in [0.717, 1.165) is 30.8 Å². The third kappa shape index (κ3) is 6.56. The summed E-state index contributed by atoms with van der Waals surface area (Å²) >= 11 is 1.13. The molecule has 0 saturated carbocycles. The van der Waals surface area contributed by atoms with Gasteiger partial charge in [0.2, 0.25) is 11.7 Å². The van der Waals surface area contributed by atoms with E-state index in [4.69, 9.17) is 0 Å². The van der Waals surface area contributed by atoms with E-state index in [1.165, 1.54) is 24.5 Å². The van der Waals surface area contributed by atoms with Crippen molar-refractivity contribution in [2.45, 2.75) is 49.6 Å². The van der Waals surface area contributed by atoms with E-state index >= 15 is 0 Å². The Morgan fingerprint density at radius 3 is 2.53 bits per heavy atom. The van der Waals surface area contributed by atoms with Gasteiger partial charge in [0, 0.05) is 42.9 Å². The number of alkyl halides is 3. The van der Waals surface area contributed by atoms with Gasteiger partial charge in [0.15, 0.2) is 5.82 Å². The van der Waals surface area contributed by atoms with Crippen LogP contribution in [0.15, 0.2) is 54.1 Å². The summed E-state index contributed by atoms with van der Waals surface area (Å²) in [7, 11) is 0. The molecule has 1 fully saturated rings. The number of carbonyl (C=O) groups is 1. The van der Waals surface area contributed by atoms with Crippen LogP contribution in [0.25, 0.3) is 11.3 Å². The molecule has 36 heavy (non-hydrogen) atoms. The Kier molecular flexibility index (Phi) is 8.95. The number of aromatic nitrogens is 4. The molecule has 3 aromatic rings. The van der Waals surface area contributed by atoms with E-state index < -0.39 is 23.9 Å². The Morgan fingerprint density at radius 1 is 1.14 bits per heavy atom. The number of hydrogen-bond acceptors (Lipinski definition) is 7. The van der Waals surface area contributed by atoms with Crippen LogP contribution < -0.4 is 5.32 Å². The maximum absolute atomic E-state index is 14.0. The average molecular weight is 519 g/mol. The normalized spacial score (nSPS) is 17.8. The van der Waals surface area contributed by atoms with E-state index in [-0.39, 0.29) is 23.5 Å². The number of nitrogens with one attached hydrogen (secondary N) is 1. The molecule has 0 aromatic carbocycles. The van der Waals surface area contributed by atoms with Crippen molar-refractivity contribution in [3.63, 3.8) is 0 Å². The van der Waals surface area contributed by atoms with Crippen molar-refractivity contribution in [3.8, 4) is 24.1 Å². The van der Waals surface area contributed by atoms with Crippen LogP contribution in [-0.2, 0) is 17.5 Å². The lowest BCUT2D eigenvalue weighted by Gasteiger charge is -2.25. The molecule has 4 rings (SSSR count). The molecule has 1 aliphatic rings. The SMILES string of the molecule is C#C.C[C@H]1CC[C@@H](C(=O)NCc2ccnc(-c3cnc(C(F)(F)F)nc3)c2)N1Sc1ncccc1F. The smallest absolute Gasteiger partial charge is 0.351 e. The van der Waals surface area contributed by atoms with Crippen LogP contribution in [0.1, 0.15) is 31.2 Å². The largest absolute Gasteiger partial charge is 0.451 e. The van der Waals surface area contributed by atoms with Gasteiger partial charge in [0.05, 0.1) is 11.7 Å². The Labute approximate surface area is 209 Å². The van der Waals surface area contributed by atoms with Crippen molar-refractivity contribution in [1.82, 2.24) is 29.6 Å². The van der Waals surface area contributed by atoms with Crippen LogP contribution in [0.2, 0.25) is 0 Å². The summed E-state index contributed by atoms with van der Waals surface area (Å²) in [5.41, 5.74) is 1.42. The molecule has 1 aliphatic heterocycles. The van der Waals surface area contributed by atoms with Crippen molar-refractivity contribution < 1.29 is 22.4 Å². The zero-order valence-corrected chi connectivity index (χ0v) is 19.9. The molecule has 4 heterocycles. The highest BCUT2D eigenvalue weighted by atomic mass is 32.2. The second kappa shape index (κ2) is 11.9. The minimum atomic E-state index is -4.62. The van der Waals surface area contributed by atoms with Crippen molar-refractivity contribution in [3.05, 3.63) is 66.3 Å². The fourth-order valence-corrected chi connectivity index (χ4v) is 4.63. The first kappa shape index (κ1) is 27.0. The molecule has 12 heteroatoms. The molecular formula is C24H22F4N6OS. The van der Waals surface area contributed by atoms with Crippen LogP contribution in [0.3, 0.4) is 0 Å². The molecule has 2 atom stereocenters. The van der Waals surface area contributed by atoms with Gasteiger partial charge >= 0.3 is 6.18 Å². The number of amides is 1. The van der Waals surface area contributed by atoms with E-state index in [0.29, 0.717) is 23.2 Å². The summed E-state index contributed by atoms with van der Waals surface area (Å²) in [6.07, 6.45) is 9.91. The quantitative estimate of drug-likeness (QED) is 0.292. The summed E-state index contributed by atoms with van der Waals surface area (Å²) in [5.74, 6) is -1.87. The summed E-state index contributed by atoms with van der Waals surface area (Å²) in [5, 5.41) is 3.10. The standard InChI is InChI=1S/C22H20F4N6OS.C2H2/c1-13-4-5-18(32(13)34-20-16(23)3-2-7-28-20)19(33)29-10-14-6-8-27-17(9-14)15-11-30-21(31-12-15)22(24,25)26;1-2/h2-3,6-9,11-13,18H,4-5,10H2,1H3,(H,29,33);1-2H/t13-,18-;/m0./s1. The predicted molar refractivity (Wildman–Crippen MR) is 126 cm³/mol. The zero-order valence-electron chi connectivity index (χ0n) is 19.1. The number of rotatable bonds is 6. The van der Waals surface area contributed by atoms with Crippen LogP contribution in [0.4, 0.5) is 17.6 Å². The number of carbonyl (C=O) groups excluding carboxylic acids is 1. The van der Waals surface area contributed by atoms with E-state index in [1.807, 2.05) is 11.2 Å². The Morgan fingerprint density at radius 2 is 1.86 bits per heavy atom. The van der Waals surface area contributed by atoms with Crippen LogP contribution in [0, 0.1) is 18.7 Å². The Hall–Kier alpha value is -3.56. The van der Waals surface area contributed by atoms with Gasteiger partial charge in [-0.15, -0.1) is 12.8 Å². The molecule has 1 N–H and O–H groups in total. The summed E-state index contributed by atoms with van der Waals surface area (Å²) in [6.45, 7) is 2.17. The fourth-order valence-electron chi connectivity index (χ4n) is 3.56. The van der Waals surface area contributed by atoms with Crippen LogP contribution >= 0.6 is 11.9 Å². The van der Waals surface area contributed by atoms with Crippen molar-refractivity contribution in [2.24, 2.45) is 0 Å².